The van der Waals surface area contributed by atoms with Crippen LogP contribution in [0.5, 0.6) is 0 Å². The third kappa shape index (κ3) is 2.01. The molecule has 9 heteroatoms. The van der Waals surface area contributed by atoms with Crippen LogP contribution >= 0.6 is 0 Å². The molecule has 2 aliphatic heterocycles. The molecule has 3 heterocycles. The van der Waals surface area contributed by atoms with Gasteiger partial charge in [0.15, 0.2) is 11.9 Å². The maximum Gasteiger partial charge on any atom is 0.275 e. The molecule has 0 bridgehead atoms. The Morgan fingerprint density at radius 3 is 2.86 bits per heavy atom. The predicted molar refractivity (Wildman–Crippen MR) is 70.4 cm³/mol. The van der Waals surface area contributed by atoms with E-state index in [1.807, 2.05) is 0 Å². The fraction of sp³-hybridized carbons (Fsp3) is 0.667. The van der Waals surface area contributed by atoms with Gasteiger partial charge in [-0.3, -0.25) is 9.36 Å². The van der Waals surface area contributed by atoms with Crippen LogP contribution in [0.15, 0.2) is 6.33 Å². The van der Waals surface area contributed by atoms with E-state index in [0.717, 1.165) is 0 Å². The molecule has 0 radical (unpaired) electrons. The highest BCUT2D eigenvalue weighted by Gasteiger charge is 2.53. The number of aromatic nitrogens is 2. The molecule has 2 aliphatic rings. The minimum absolute atomic E-state index is 0.189. The van der Waals surface area contributed by atoms with Gasteiger partial charge in [0.05, 0.1) is 19.1 Å². The molecule has 5 atom stereocenters. The fourth-order valence-electron chi connectivity index (χ4n) is 2.74. The largest absolute Gasteiger partial charge is 0.394 e. The van der Waals surface area contributed by atoms with Crippen LogP contribution in [-0.4, -0.2) is 61.4 Å². The summed E-state index contributed by atoms with van der Waals surface area (Å²) in [6.07, 6.45) is -2.06. The monoisotopic (exact) mass is 298 g/mol. The lowest BCUT2D eigenvalue weighted by molar-refractivity contribution is -0.0958. The van der Waals surface area contributed by atoms with Crippen molar-refractivity contribution in [1.29, 1.82) is 0 Å². The summed E-state index contributed by atoms with van der Waals surface area (Å²) < 4.78 is 6.98. The Morgan fingerprint density at radius 2 is 2.24 bits per heavy atom. The number of nitrogens with one attached hydrogen (secondary N) is 2. The van der Waals surface area contributed by atoms with Gasteiger partial charge in [-0.1, -0.05) is 0 Å². The number of carbonyl (C=O) groups excluding carboxylic acids is 1. The number of hydrogen-bond acceptors (Lipinski definition) is 7. The highest BCUT2D eigenvalue weighted by molar-refractivity contribution is 5.99. The second kappa shape index (κ2) is 4.67. The van der Waals surface area contributed by atoms with E-state index in [4.69, 9.17) is 4.74 Å². The average molecular weight is 298 g/mol. The number of imidazole rings is 1. The minimum Gasteiger partial charge on any atom is -0.394 e. The zero-order valence-corrected chi connectivity index (χ0v) is 11.6. The van der Waals surface area contributed by atoms with Gasteiger partial charge in [-0.15, -0.1) is 0 Å². The third-order valence-electron chi connectivity index (χ3n) is 3.90. The molecule has 1 saturated heterocycles. The molecule has 0 saturated carbocycles. The molecule has 0 spiro atoms. The van der Waals surface area contributed by atoms with E-state index >= 15 is 0 Å². The van der Waals surface area contributed by atoms with Crippen molar-refractivity contribution in [3.8, 4) is 0 Å². The molecule has 1 aromatic rings. The number of anilines is 1. The summed E-state index contributed by atoms with van der Waals surface area (Å²) in [6, 6.07) is 0. The first-order valence-electron chi connectivity index (χ1n) is 6.67. The number of hydrogen-bond donors (Lipinski definition) is 5. The van der Waals surface area contributed by atoms with Crippen LogP contribution in [-0.2, 0) is 4.74 Å². The molecule has 0 aliphatic carbocycles. The lowest BCUT2D eigenvalue weighted by Gasteiger charge is -2.30. The van der Waals surface area contributed by atoms with Crippen molar-refractivity contribution >= 4 is 11.7 Å². The first kappa shape index (κ1) is 14.3. The van der Waals surface area contributed by atoms with Crippen molar-refractivity contribution in [2.24, 2.45) is 0 Å². The van der Waals surface area contributed by atoms with Gasteiger partial charge in [-0.2, -0.15) is 0 Å². The van der Waals surface area contributed by atoms with Gasteiger partial charge in [0, 0.05) is 0 Å². The van der Waals surface area contributed by atoms with E-state index in [9.17, 15) is 20.1 Å². The second-order valence-corrected chi connectivity index (χ2v) is 5.57. The van der Waals surface area contributed by atoms with Crippen LogP contribution < -0.4 is 10.6 Å². The standard InChI is InChI=1S/C12H18N4O5/c1-5-14-9-7(10(19)15-5)13-4-16(9)11-12(2,20)8(18)6(3-17)21-11/h4-6,8,11,14,17-18,20H,3H2,1-2H3,(H,15,19)/t5?,6-,8+,11-,12?/m1/s1. The number of carbonyl (C=O) groups is 1. The maximum absolute atomic E-state index is 11.9. The van der Waals surface area contributed by atoms with E-state index < -0.39 is 30.6 Å². The van der Waals surface area contributed by atoms with Crippen LogP contribution in [0.3, 0.4) is 0 Å². The van der Waals surface area contributed by atoms with Crippen LogP contribution in [0.2, 0.25) is 0 Å². The smallest absolute Gasteiger partial charge is 0.275 e. The molecule has 21 heavy (non-hydrogen) atoms. The SMILES string of the molecule is CC1NC(=O)c2ncn([C@@H]3O[C@H](CO)[C@H](O)C3(C)O)c2N1. The lowest BCUT2D eigenvalue weighted by atomic mass is 9.96. The van der Waals surface area contributed by atoms with Crippen LogP contribution in [0.4, 0.5) is 5.82 Å². The van der Waals surface area contributed by atoms with E-state index in [-0.39, 0.29) is 17.8 Å². The molecule has 1 fully saturated rings. The zero-order chi connectivity index (χ0) is 15.4. The lowest BCUT2D eigenvalue weighted by Crippen LogP contribution is -2.46. The van der Waals surface area contributed by atoms with Gasteiger partial charge < -0.3 is 30.7 Å². The molecule has 9 nitrogen and oxygen atoms in total. The molecular formula is C12H18N4O5. The molecule has 1 amide bonds. The molecule has 3 rings (SSSR count). The van der Waals surface area contributed by atoms with E-state index in [0.29, 0.717) is 5.82 Å². The Labute approximate surface area is 120 Å². The van der Waals surface area contributed by atoms with Crippen LogP contribution in [0, 0.1) is 0 Å². The summed E-state index contributed by atoms with van der Waals surface area (Å²) in [5, 5.41) is 35.4. The summed E-state index contributed by atoms with van der Waals surface area (Å²) in [5.41, 5.74) is -1.44. The average Bonchev–Trinajstić information content (AvgIpc) is 2.91. The van der Waals surface area contributed by atoms with Crippen molar-refractivity contribution in [1.82, 2.24) is 14.9 Å². The first-order valence-corrected chi connectivity index (χ1v) is 6.67. The quantitative estimate of drug-likeness (QED) is 0.444. The summed E-state index contributed by atoms with van der Waals surface area (Å²) in [6.45, 7) is 2.75. The summed E-state index contributed by atoms with van der Waals surface area (Å²) in [7, 11) is 0. The summed E-state index contributed by atoms with van der Waals surface area (Å²) in [5.74, 6) is 0.0780. The van der Waals surface area contributed by atoms with Crippen LogP contribution in [0.25, 0.3) is 0 Å². The first-order chi connectivity index (χ1) is 9.86. The van der Waals surface area contributed by atoms with Gasteiger partial charge in [-0.05, 0) is 13.8 Å². The van der Waals surface area contributed by atoms with Gasteiger partial charge in [0.2, 0.25) is 0 Å². The number of rotatable bonds is 2. The van der Waals surface area contributed by atoms with E-state index in [1.54, 1.807) is 6.92 Å². The van der Waals surface area contributed by atoms with Crippen LogP contribution in [0.1, 0.15) is 30.6 Å². The van der Waals surface area contributed by atoms with Crippen molar-refractivity contribution in [3.05, 3.63) is 12.0 Å². The Morgan fingerprint density at radius 1 is 1.52 bits per heavy atom. The highest BCUT2D eigenvalue weighted by Crippen LogP contribution is 2.40. The van der Waals surface area contributed by atoms with Crippen molar-refractivity contribution in [3.63, 3.8) is 0 Å². The van der Waals surface area contributed by atoms with Crippen molar-refractivity contribution in [2.45, 2.75) is 44.1 Å². The minimum atomic E-state index is -1.62. The number of amides is 1. The van der Waals surface area contributed by atoms with Crippen molar-refractivity contribution in [2.75, 3.05) is 11.9 Å². The van der Waals surface area contributed by atoms with Gasteiger partial charge in [-0.25, -0.2) is 4.98 Å². The molecule has 2 unspecified atom stereocenters. The Hall–Kier alpha value is -1.68. The van der Waals surface area contributed by atoms with E-state index in [1.165, 1.54) is 17.8 Å². The Bertz CT molecular complexity index is 572. The normalized spacial score (nSPS) is 38.8. The van der Waals surface area contributed by atoms with E-state index in [2.05, 4.69) is 15.6 Å². The predicted octanol–water partition coefficient (Wildman–Crippen LogP) is -1.61. The number of aliphatic hydroxyl groups is 3. The number of ether oxygens (including phenoxy) is 1. The molecule has 5 N–H and O–H groups in total. The molecule has 116 valence electrons. The Balaban J connectivity index is 2.01. The van der Waals surface area contributed by atoms with Crippen molar-refractivity contribution < 1.29 is 24.9 Å². The third-order valence-corrected chi connectivity index (χ3v) is 3.90. The van der Waals surface area contributed by atoms with Gasteiger partial charge >= 0.3 is 0 Å². The Kier molecular flexibility index (Phi) is 3.17. The second-order valence-electron chi connectivity index (χ2n) is 5.57. The fourth-order valence-corrected chi connectivity index (χ4v) is 2.74. The number of aliphatic hydroxyl groups excluding tert-OH is 2. The zero-order valence-electron chi connectivity index (χ0n) is 11.6. The number of nitrogens with zero attached hydrogens (tertiary/aromatic N) is 2. The molecule has 0 aromatic carbocycles. The number of fused-ring (bicyclic) bond motifs is 1. The molecular weight excluding hydrogens is 280 g/mol. The molecule has 1 aromatic heterocycles. The summed E-state index contributed by atoms with van der Waals surface area (Å²) >= 11 is 0. The maximum atomic E-state index is 11.9. The summed E-state index contributed by atoms with van der Waals surface area (Å²) in [4.78, 5) is 15.9. The topological polar surface area (TPSA) is 129 Å². The highest BCUT2D eigenvalue weighted by atomic mass is 16.6. The van der Waals surface area contributed by atoms with Gasteiger partial charge in [0.1, 0.15) is 23.6 Å². The van der Waals surface area contributed by atoms with Gasteiger partial charge in [0.25, 0.3) is 5.91 Å².